The summed E-state index contributed by atoms with van der Waals surface area (Å²) in [5.74, 6) is -1.10. The van der Waals surface area contributed by atoms with E-state index < -0.39 is 24.1 Å². The van der Waals surface area contributed by atoms with Gasteiger partial charge in [-0.3, -0.25) is 4.98 Å². The van der Waals surface area contributed by atoms with Crippen LogP contribution >= 0.6 is 0 Å². The van der Waals surface area contributed by atoms with Gasteiger partial charge in [-0.05, 0) is 11.6 Å². The minimum atomic E-state index is -1.10. The van der Waals surface area contributed by atoms with Crippen LogP contribution in [-0.4, -0.2) is 50.8 Å². The normalized spacial score (nSPS) is 22.3. The Morgan fingerprint density at radius 2 is 2.32 bits per heavy atom. The average Bonchev–Trinajstić information content (AvgIpc) is 2.79. The standard InChI is InChI=1S/C12H15N3O4/c16-9-4-10(11(17)18)15(7-9)12(19)14-6-8-2-1-3-13-5-8/h1-3,5,9-10,16H,4,6-7H2,(H,14,19)(H,17,18)/t9?,10-/m0/s1. The molecule has 19 heavy (non-hydrogen) atoms. The van der Waals surface area contributed by atoms with E-state index in [0.29, 0.717) is 0 Å². The summed E-state index contributed by atoms with van der Waals surface area (Å²) >= 11 is 0. The van der Waals surface area contributed by atoms with Gasteiger partial charge in [-0.2, -0.15) is 0 Å². The van der Waals surface area contributed by atoms with Gasteiger partial charge in [-0.15, -0.1) is 0 Å². The maximum atomic E-state index is 11.9. The number of pyridine rings is 1. The molecule has 1 aromatic rings. The van der Waals surface area contributed by atoms with E-state index in [4.69, 9.17) is 5.11 Å². The Bertz CT molecular complexity index is 465. The highest BCUT2D eigenvalue weighted by molar-refractivity contribution is 5.83. The second kappa shape index (κ2) is 5.66. The number of carboxylic acids is 1. The lowest BCUT2D eigenvalue weighted by molar-refractivity contribution is -0.141. The molecule has 0 aromatic carbocycles. The quantitative estimate of drug-likeness (QED) is 0.703. The van der Waals surface area contributed by atoms with Gasteiger partial charge >= 0.3 is 12.0 Å². The molecule has 3 N–H and O–H groups in total. The molecular weight excluding hydrogens is 250 g/mol. The fourth-order valence-corrected chi connectivity index (χ4v) is 2.05. The zero-order valence-corrected chi connectivity index (χ0v) is 10.2. The minimum Gasteiger partial charge on any atom is -0.480 e. The van der Waals surface area contributed by atoms with Crippen LogP contribution in [0.5, 0.6) is 0 Å². The van der Waals surface area contributed by atoms with Crippen LogP contribution in [0, 0.1) is 0 Å². The number of hydrogen-bond donors (Lipinski definition) is 3. The molecule has 1 saturated heterocycles. The van der Waals surface area contributed by atoms with Crippen molar-refractivity contribution in [3.05, 3.63) is 30.1 Å². The molecule has 102 valence electrons. The van der Waals surface area contributed by atoms with E-state index in [1.165, 1.54) is 0 Å². The van der Waals surface area contributed by atoms with Gasteiger partial charge < -0.3 is 20.4 Å². The van der Waals surface area contributed by atoms with Gasteiger partial charge in [0.25, 0.3) is 0 Å². The van der Waals surface area contributed by atoms with Crippen molar-refractivity contribution in [2.24, 2.45) is 0 Å². The number of β-amino-alcohol motifs (C(OH)–C–C–N with tert-alkyl or cyclic N) is 1. The van der Waals surface area contributed by atoms with E-state index in [1.807, 2.05) is 0 Å². The monoisotopic (exact) mass is 265 g/mol. The summed E-state index contributed by atoms with van der Waals surface area (Å²) in [7, 11) is 0. The van der Waals surface area contributed by atoms with Crippen molar-refractivity contribution in [1.29, 1.82) is 0 Å². The molecular formula is C12H15N3O4. The largest absolute Gasteiger partial charge is 0.480 e. The van der Waals surface area contributed by atoms with Crippen molar-refractivity contribution >= 4 is 12.0 Å². The predicted molar refractivity (Wildman–Crippen MR) is 65.2 cm³/mol. The summed E-state index contributed by atoms with van der Waals surface area (Å²) in [5.41, 5.74) is 0.822. The van der Waals surface area contributed by atoms with E-state index in [1.54, 1.807) is 24.5 Å². The molecule has 1 aromatic heterocycles. The molecule has 2 rings (SSSR count). The highest BCUT2D eigenvalue weighted by Crippen LogP contribution is 2.18. The lowest BCUT2D eigenvalue weighted by atomic mass is 10.2. The van der Waals surface area contributed by atoms with Crippen molar-refractivity contribution in [1.82, 2.24) is 15.2 Å². The van der Waals surface area contributed by atoms with E-state index in [2.05, 4.69) is 10.3 Å². The second-order valence-corrected chi connectivity index (χ2v) is 4.42. The predicted octanol–water partition coefficient (Wildman–Crippen LogP) is -0.189. The topological polar surface area (TPSA) is 103 Å². The van der Waals surface area contributed by atoms with Gasteiger partial charge in [-0.25, -0.2) is 9.59 Å². The molecule has 7 nitrogen and oxygen atoms in total. The van der Waals surface area contributed by atoms with Gasteiger partial charge in [-0.1, -0.05) is 6.07 Å². The Morgan fingerprint density at radius 3 is 2.95 bits per heavy atom. The molecule has 1 aliphatic rings. The highest BCUT2D eigenvalue weighted by Gasteiger charge is 2.38. The summed E-state index contributed by atoms with van der Waals surface area (Å²) < 4.78 is 0. The zero-order chi connectivity index (χ0) is 13.8. The Balaban J connectivity index is 1.94. The summed E-state index contributed by atoms with van der Waals surface area (Å²) in [5, 5.41) is 21.1. The third-order valence-electron chi connectivity index (χ3n) is 2.99. The summed E-state index contributed by atoms with van der Waals surface area (Å²) in [6.45, 7) is 0.307. The number of aliphatic carboxylic acids is 1. The number of urea groups is 1. The maximum absolute atomic E-state index is 11.9. The van der Waals surface area contributed by atoms with E-state index in [9.17, 15) is 14.7 Å². The van der Waals surface area contributed by atoms with Crippen molar-refractivity contribution in [2.75, 3.05) is 6.54 Å². The maximum Gasteiger partial charge on any atom is 0.326 e. The lowest BCUT2D eigenvalue weighted by Crippen LogP contribution is -2.45. The first-order valence-corrected chi connectivity index (χ1v) is 5.92. The molecule has 2 atom stereocenters. The van der Waals surface area contributed by atoms with Crippen molar-refractivity contribution in [3.8, 4) is 0 Å². The SMILES string of the molecule is O=C(O)[C@@H]1CC(O)CN1C(=O)NCc1cccnc1. The minimum absolute atomic E-state index is 0.0375. The average molecular weight is 265 g/mol. The third-order valence-corrected chi connectivity index (χ3v) is 2.99. The highest BCUT2D eigenvalue weighted by atomic mass is 16.4. The molecule has 2 amide bonds. The lowest BCUT2D eigenvalue weighted by Gasteiger charge is -2.21. The van der Waals surface area contributed by atoms with Crippen LogP contribution in [-0.2, 0) is 11.3 Å². The van der Waals surface area contributed by atoms with Crippen LogP contribution in [0.25, 0.3) is 0 Å². The number of aromatic nitrogens is 1. The number of aliphatic hydroxyl groups is 1. The number of likely N-dealkylation sites (tertiary alicyclic amines) is 1. The fourth-order valence-electron chi connectivity index (χ4n) is 2.05. The Hall–Kier alpha value is -2.15. The molecule has 2 heterocycles. The molecule has 0 saturated carbocycles. The third kappa shape index (κ3) is 3.19. The van der Waals surface area contributed by atoms with Crippen LogP contribution in [0.4, 0.5) is 4.79 Å². The molecule has 0 radical (unpaired) electrons. The molecule has 0 bridgehead atoms. The van der Waals surface area contributed by atoms with Crippen molar-refractivity contribution < 1.29 is 19.8 Å². The molecule has 1 aliphatic heterocycles. The number of carbonyl (C=O) groups excluding carboxylic acids is 1. The summed E-state index contributed by atoms with van der Waals surface area (Å²) in [4.78, 5) is 28.0. The first-order valence-electron chi connectivity index (χ1n) is 5.92. The molecule has 1 unspecified atom stereocenters. The van der Waals surface area contributed by atoms with Crippen LogP contribution in [0.2, 0.25) is 0 Å². The second-order valence-electron chi connectivity index (χ2n) is 4.42. The van der Waals surface area contributed by atoms with Crippen molar-refractivity contribution in [2.45, 2.75) is 25.1 Å². The van der Waals surface area contributed by atoms with Gasteiger partial charge in [0.1, 0.15) is 6.04 Å². The van der Waals surface area contributed by atoms with Crippen LogP contribution in [0.15, 0.2) is 24.5 Å². The number of nitrogens with zero attached hydrogens (tertiary/aromatic N) is 2. The van der Waals surface area contributed by atoms with Crippen LogP contribution in [0.1, 0.15) is 12.0 Å². The van der Waals surface area contributed by atoms with E-state index in [-0.39, 0.29) is 19.5 Å². The Morgan fingerprint density at radius 1 is 1.53 bits per heavy atom. The van der Waals surface area contributed by atoms with Gasteiger partial charge in [0.2, 0.25) is 0 Å². The number of amides is 2. The molecule has 0 aliphatic carbocycles. The molecule has 1 fully saturated rings. The fraction of sp³-hybridized carbons (Fsp3) is 0.417. The Kier molecular flexibility index (Phi) is 3.96. The van der Waals surface area contributed by atoms with Crippen molar-refractivity contribution in [3.63, 3.8) is 0 Å². The number of rotatable bonds is 3. The molecule has 7 heteroatoms. The van der Waals surface area contributed by atoms with Crippen LogP contribution < -0.4 is 5.32 Å². The first-order chi connectivity index (χ1) is 9.08. The number of hydrogen-bond acceptors (Lipinski definition) is 4. The van der Waals surface area contributed by atoms with Gasteiger partial charge in [0.05, 0.1) is 6.10 Å². The summed E-state index contributed by atoms with van der Waals surface area (Å²) in [6.07, 6.45) is 2.52. The van der Waals surface area contributed by atoms with Crippen LogP contribution in [0.3, 0.4) is 0 Å². The first kappa shape index (κ1) is 13.3. The number of nitrogens with one attached hydrogen (secondary N) is 1. The Labute approximate surface area is 109 Å². The summed E-state index contributed by atoms with van der Waals surface area (Å²) in [6, 6.07) is 2.10. The number of aliphatic hydroxyl groups excluding tert-OH is 1. The van der Waals surface area contributed by atoms with Gasteiger partial charge in [0, 0.05) is 31.9 Å². The molecule has 0 spiro atoms. The number of carbonyl (C=O) groups is 2. The van der Waals surface area contributed by atoms with E-state index >= 15 is 0 Å². The smallest absolute Gasteiger partial charge is 0.326 e. The van der Waals surface area contributed by atoms with E-state index in [0.717, 1.165) is 10.5 Å². The van der Waals surface area contributed by atoms with Gasteiger partial charge in [0.15, 0.2) is 0 Å². The number of carboxylic acid groups (broad SMARTS) is 1. The zero-order valence-electron chi connectivity index (χ0n) is 10.2.